The highest BCUT2D eigenvalue weighted by Crippen LogP contribution is 2.52. The van der Waals surface area contributed by atoms with Crippen LogP contribution in [0.5, 0.6) is 0 Å². The van der Waals surface area contributed by atoms with Crippen LogP contribution < -0.4 is 0 Å². The second kappa shape index (κ2) is 3.48. The molecule has 2 nitrogen and oxygen atoms in total. The molecule has 1 fully saturated rings. The SMILES string of the molecule is O=C(O)C1C2C=CC(C2)C1c1ccccc1. The highest BCUT2D eigenvalue weighted by atomic mass is 16.4. The van der Waals surface area contributed by atoms with E-state index in [0.717, 1.165) is 6.42 Å². The summed E-state index contributed by atoms with van der Waals surface area (Å²) in [5, 5.41) is 9.33. The smallest absolute Gasteiger partial charge is 0.307 e. The highest BCUT2D eigenvalue weighted by molar-refractivity contribution is 5.73. The van der Waals surface area contributed by atoms with E-state index in [1.165, 1.54) is 5.56 Å². The third kappa shape index (κ3) is 1.29. The largest absolute Gasteiger partial charge is 0.481 e. The topological polar surface area (TPSA) is 37.3 Å². The van der Waals surface area contributed by atoms with Crippen molar-refractivity contribution in [2.75, 3.05) is 0 Å². The second-order valence-corrected chi connectivity index (χ2v) is 4.75. The van der Waals surface area contributed by atoms with Crippen LogP contribution in [0, 0.1) is 17.8 Å². The third-order valence-corrected chi connectivity index (χ3v) is 3.93. The van der Waals surface area contributed by atoms with Gasteiger partial charge in [-0.15, -0.1) is 0 Å². The van der Waals surface area contributed by atoms with Crippen molar-refractivity contribution in [3.63, 3.8) is 0 Å². The molecule has 0 radical (unpaired) electrons. The number of benzene rings is 1. The molecule has 0 aliphatic heterocycles. The van der Waals surface area contributed by atoms with E-state index >= 15 is 0 Å². The number of carbonyl (C=O) groups is 1. The molecule has 1 aromatic carbocycles. The molecule has 16 heavy (non-hydrogen) atoms. The van der Waals surface area contributed by atoms with Crippen LogP contribution in [0.25, 0.3) is 0 Å². The first kappa shape index (κ1) is 9.64. The quantitative estimate of drug-likeness (QED) is 0.768. The maximum atomic E-state index is 11.3. The lowest BCUT2D eigenvalue weighted by atomic mass is 9.78. The van der Waals surface area contributed by atoms with Crippen molar-refractivity contribution in [1.29, 1.82) is 0 Å². The summed E-state index contributed by atoms with van der Waals surface area (Å²) in [7, 11) is 0. The van der Waals surface area contributed by atoms with Gasteiger partial charge >= 0.3 is 5.97 Å². The van der Waals surface area contributed by atoms with Gasteiger partial charge < -0.3 is 5.11 Å². The summed E-state index contributed by atoms with van der Waals surface area (Å²) in [5.74, 6) is -0.0296. The molecule has 0 heterocycles. The summed E-state index contributed by atoms with van der Waals surface area (Å²) in [6, 6.07) is 10.1. The van der Waals surface area contributed by atoms with Gasteiger partial charge in [0.15, 0.2) is 0 Å². The molecule has 4 unspecified atom stereocenters. The number of hydrogen-bond acceptors (Lipinski definition) is 1. The zero-order valence-corrected chi connectivity index (χ0v) is 8.91. The Hall–Kier alpha value is -1.57. The van der Waals surface area contributed by atoms with Crippen LogP contribution in [0.1, 0.15) is 17.9 Å². The number of carboxylic acid groups (broad SMARTS) is 1. The molecule has 2 aliphatic rings. The first-order valence-electron chi connectivity index (χ1n) is 5.73. The van der Waals surface area contributed by atoms with E-state index in [1.54, 1.807) is 0 Å². The molecule has 0 amide bonds. The summed E-state index contributed by atoms with van der Waals surface area (Å²) in [6.07, 6.45) is 5.29. The molecule has 2 aliphatic carbocycles. The van der Waals surface area contributed by atoms with Crippen molar-refractivity contribution in [2.24, 2.45) is 17.8 Å². The Morgan fingerprint density at radius 1 is 1.12 bits per heavy atom. The molecule has 0 spiro atoms. The molecule has 2 heteroatoms. The van der Waals surface area contributed by atoms with Crippen LogP contribution in [-0.4, -0.2) is 11.1 Å². The van der Waals surface area contributed by atoms with E-state index in [-0.39, 0.29) is 17.8 Å². The minimum absolute atomic E-state index is 0.175. The molecular formula is C14H14O2. The van der Waals surface area contributed by atoms with Gasteiger partial charge in [0.1, 0.15) is 0 Å². The monoisotopic (exact) mass is 214 g/mol. The zero-order valence-electron chi connectivity index (χ0n) is 8.91. The normalized spacial score (nSPS) is 35.5. The Bertz CT molecular complexity index is 435. The van der Waals surface area contributed by atoms with Gasteiger partial charge in [0.05, 0.1) is 5.92 Å². The maximum absolute atomic E-state index is 11.3. The minimum atomic E-state index is -0.647. The average Bonchev–Trinajstić information content (AvgIpc) is 2.89. The standard InChI is InChI=1S/C14H14O2/c15-14(16)13-11-7-6-10(8-11)12(13)9-4-2-1-3-5-9/h1-7,10-13H,8H2,(H,15,16). The van der Waals surface area contributed by atoms with E-state index < -0.39 is 5.97 Å². The molecule has 0 saturated heterocycles. The third-order valence-electron chi connectivity index (χ3n) is 3.93. The first-order chi connectivity index (χ1) is 7.77. The van der Waals surface area contributed by atoms with Gasteiger partial charge in [-0.25, -0.2) is 0 Å². The van der Waals surface area contributed by atoms with Gasteiger partial charge in [-0.3, -0.25) is 4.79 Å². The number of aliphatic carboxylic acids is 1. The van der Waals surface area contributed by atoms with E-state index in [0.29, 0.717) is 5.92 Å². The molecule has 1 saturated carbocycles. The predicted octanol–water partition coefficient (Wildman–Crippen LogP) is 2.68. The molecule has 0 aromatic heterocycles. The predicted molar refractivity (Wildman–Crippen MR) is 61.0 cm³/mol. The molecule has 82 valence electrons. The molecule has 4 atom stereocenters. The fourth-order valence-corrected chi connectivity index (χ4v) is 3.29. The maximum Gasteiger partial charge on any atom is 0.307 e. The lowest BCUT2D eigenvalue weighted by molar-refractivity contribution is -0.143. The van der Waals surface area contributed by atoms with Crippen molar-refractivity contribution >= 4 is 5.97 Å². The Kier molecular flexibility index (Phi) is 2.10. The van der Waals surface area contributed by atoms with Gasteiger partial charge in [-0.05, 0) is 23.8 Å². The van der Waals surface area contributed by atoms with E-state index in [4.69, 9.17) is 0 Å². The lowest BCUT2D eigenvalue weighted by Crippen LogP contribution is -2.25. The molecular weight excluding hydrogens is 200 g/mol. The van der Waals surface area contributed by atoms with Crippen molar-refractivity contribution in [2.45, 2.75) is 12.3 Å². The van der Waals surface area contributed by atoms with Crippen molar-refractivity contribution in [3.05, 3.63) is 48.0 Å². The van der Waals surface area contributed by atoms with Crippen LogP contribution >= 0.6 is 0 Å². The average molecular weight is 214 g/mol. The van der Waals surface area contributed by atoms with Crippen LogP contribution in [0.15, 0.2) is 42.5 Å². The van der Waals surface area contributed by atoms with Crippen molar-refractivity contribution in [3.8, 4) is 0 Å². The van der Waals surface area contributed by atoms with Gasteiger partial charge in [-0.2, -0.15) is 0 Å². The number of allylic oxidation sites excluding steroid dienone is 2. The van der Waals surface area contributed by atoms with Gasteiger partial charge in [0, 0.05) is 5.92 Å². The summed E-state index contributed by atoms with van der Waals surface area (Å²) in [4.78, 5) is 11.3. The number of fused-ring (bicyclic) bond motifs is 2. The summed E-state index contributed by atoms with van der Waals surface area (Å²) < 4.78 is 0. The minimum Gasteiger partial charge on any atom is -0.481 e. The summed E-state index contributed by atoms with van der Waals surface area (Å²) in [5.41, 5.74) is 1.17. The fourth-order valence-electron chi connectivity index (χ4n) is 3.29. The van der Waals surface area contributed by atoms with Crippen LogP contribution in [-0.2, 0) is 4.79 Å². The highest BCUT2D eigenvalue weighted by Gasteiger charge is 2.48. The number of carboxylic acids is 1. The summed E-state index contributed by atoms with van der Waals surface area (Å²) in [6.45, 7) is 0. The first-order valence-corrected chi connectivity index (χ1v) is 5.73. The van der Waals surface area contributed by atoms with E-state index in [9.17, 15) is 9.90 Å². The Morgan fingerprint density at radius 3 is 2.50 bits per heavy atom. The van der Waals surface area contributed by atoms with Crippen molar-refractivity contribution < 1.29 is 9.90 Å². The summed E-state index contributed by atoms with van der Waals surface area (Å²) >= 11 is 0. The fraction of sp³-hybridized carbons (Fsp3) is 0.357. The van der Waals surface area contributed by atoms with Gasteiger partial charge in [0.25, 0.3) is 0 Å². The molecule has 1 N–H and O–H groups in total. The van der Waals surface area contributed by atoms with Crippen LogP contribution in [0.4, 0.5) is 0 Å². The Balaban J connectivity index is 2.00. The molecule has 3 rings (SSSR count). The van der Waals surface area contributed by atoms with Crippen LogP contribution in [0.2, 0.25) is 0 Å². The molecule has 2 bridgehead atoms. The molecule has 1 aromatic rings. The second-order valence-electron chi connectivity index (χ2n) is 4.75. The van der Waals surface area contributed by atoms with E-state index in [1.807, 2.05) is 18.2 Å². The van der Waals surface area contributed by atoms with E-state index in [2.05, 4.69) is 24.3 Å². The van der Waals surface area contributed by atoms with Gasteiger partial charge in [0.2, 0.25) is 0 Å². The Labute approximate surface area is 94.6 Å². The van der Waals surface area contributed by atoms with Crippen molar-refractivity contribution in [1.82, 2.24) is 0 Å². The lowest BCUT2D eigenvalue weighted by Gasteiger charge is -2.25. The van der Waals surface area contributed by atoms with Gasteiger partial charge in [-0.1, -0.05) is 42.5 Å². The number of rotatable bonds is 2. The Morgan fingerprint density at radius 2 is 1.81 bits per heavy atom. The van der Waals surface area contributed by atoms with Crippen LogP contribution in [0.3, 0.4) is 0 Å². The zero-order chi connectivity index (χ0) is 11.1. The number of hydrogen-bond donors (Lipinski definition) is 1.